The molecule has 2 rings (SSSR count). The number of rotatable bonds is 2. The standard InChI is InChI=1S/C10H15IO6/c1-10(2)16-7-6(11)5(15-8(7)17-10)4-14-9(12)13-3/h5-8H,4H2,1-3H3/t5-,6-,7-,8-/m1/s1. The fourth-order valence-corrected chi connectivity index (χ4v) is 2.74. The normalized spacial score (nSPS) is 38.8. The fraction of sp³-hybridized carbons (Fsp3) is 0.900. The van der Waals surface area contributed by atoms with E-state index >= 15 is 0 Å². The van der Waals surface area contributed by atoms with Crippen LogP contribution in [0.4, 0.5) is 4.79 Å². The molecule has 2 fully saturated rings. The molecule has 0 spiro atoms. The summed E-state index contributed by atoms with van der Waals surface area (Å²) in [6.45, 7) is 3.83. The Hall–Kier alpha value is -0.120. The van der Waals surface area contributed by atoms with Crippen LogP contribution in [0.3, 0.4) is 0 Å². The summed E-state index contributed by atoms with van der Waals surface area (Å²) in [4.78, 5) is 10.9. The third kappa shape index (κ3) is 2.83. The number of hydrogen-bond acceptors (Lipinski definition) is 6. The van der Waals surface area contributed by atoms with Crippen molar-refractivity contribution in [3.8, 4) is 0 Å². The molecule has 98 valence electrons. The zero-order chi connectivity index (χ0) is 12.6. The number of halogens is 1. The molecule has 0 saturated carbocycles. The Labute approximate surface area is 113 Å². The van der Waals surface area contributed by atoms with Gasteiger partial charge in [-0.2, -0.15) is 0 Å². The van der Waals surface area contributed by atoms with Crippen LogP contribution in [-0.4, -0.2) is 48.1 Å². The molecule has 0 aromatic rings. The van der Waals surface area contributed by atoms with Crippen molar-refractivity contribution < 1.29 is 28.5 Å². The van der Waals surface area contributed by atoms with Gasteiger partial charge in [0.1, 0.15) is 18.8 Å². The Bertz CT molecular complexity index is 307. The molecule has 2 aliphatic heterocycles. The molecule has 0 aromatic heterocycles. The molecule has 17 heavy (non-hydrogen) atoms. The van der Waals surface area contributed by atoms with Crippen LogP contribution in [-0.2, 0) is 23.7 Å². The third-order valence-electron chi connectivity index (χ3n) is 2.60. The average Bonchev–Trinajstić information content (AvgIpc) is 2.70. The van der Waals surface area contributed by atoms with Crippen molar-refractivity contribution in [2.45, 2.75) is 42.1 Å². The molecule has 6 nitrogen and oxygen atoms in total. The SMILES string of the molecule is COC(=O)OC[C@H]1O[C@@H]2OC(C)(C)O[C@@H]2[C@@H]1I. The van der Waals surface area contributed by atoms with Gasteiger partial charge in [-0.1, -0.05) is 22.6 Å². The topological polar surface area (TPSA) is 63.2 Å². The second-order valence-corrected chi connectivity index (χ2v) is 5.79. The van der Waals surface area contributed by atoms with E-state index in [1.165, 1.54) is 7.11 Å². The molecule has 0 N–H and O–H groups in total. The Morgan fingerprint density at radius 2 is 2.12 bits per heavy atom. The molecule has 0 aliphatic carbocycles. The highest BCUT2D eigenvalue weighted by Gasteiger charge is 2.54. The summed E-state index contributed by atoms with van der Waals surface area (Å²) in [7, 11) is 1.27. The first-order valence-corrected chi connectivity index (χ1v) is 6.53. The van der Waals surface area contributed by atoms with Crippen molar-refractivity contribution >= 4 is 28.7 Å². The Balaban J connectivity index is 1.87. The van der Waals surface area contributed by atoms with Crippen molar-refractivity contribution in [3.05, 3.63) is 0 Å². The van der Waals surface area contributed by atoms with Crippen LogP contribution in [0.15, 0.2) is 0 Å². The summed E-state index contributed by atoms with van der Waals surface area (Å²) >= 11 is 2.22. The highest BCUT2D eigenvalue weighted by molar-refractivity contribution is 14.1. The van der Waals surface area contributed by atoms with Gasteiger partial charge >= 0.3 is 6.16 Å². The van der Waals surface area contributed by atoms with E-state index in [4.69, 9.17) is 18.9 Å². The fourth-order valence-electron chi connectivity index (χ4n) is 1.88. The minimum Gasteiger partial charge on any atom is -0.438 e. The van der Waals surface area contributed by atoms with Crippen LogP contribution >= 0.6 is 22.6 Å². The lowest BCUT2D eigenvalue weighted by atomic mass is 10.2. The van der Waals surface area contributed by atoms with Crippen LogP contribution in [0.5, 0.6) is 0 Å². The molecular formula is C10H15IO6. The highest BCUT2D eigenvalue weighted by Crippen LogP contribution is 2.40. The molecule has 2 heterocycles. The van der Waals surface area contributed by atoms with Crippen LogP contribution in [0, 0.1) is 0 Å². The van der Waals surface area contributed by atoms with E-state index in [1.807, 2.05) is 13.8 Å². The van der Waals surface area contributed by atoms with Crippen molar-refractivity contribution in [1.82, 2.24) is 0 Å². The zero-order valence-corrected chi connectivity index (χ0v) is 12.0. The summed E-state index contributed by atoms with van der Waals surface area (Å²) in [5.41, 5.74) is 0. The van der Waals surface area contributed by atoms with Gasteiger partial charge < -0.3 is 23.7 Å². The second-order valence-electron chi connectivity index (χ2n) is 4.35. The van der Waals surface area contributed by atoms with Gasteiger partial charge in [-0.15, -0.1) is 0 Å². The number of carbonyl (C=O) groups excluding carboxylic acids is 1. The number of hydrogen-bond donors (Lipinski definition) is 0. The summed E-state index contributed by atoms with van der Waals surface area (Å²) in [6.07, 6.45) is -1.47. The summed E-state index contributed by atoms with van der Waals surface area (Å²) < 4.78 is 26.3. The largest absolute Gasteiger partial charge is 0.508 e. The predicted octanol–water partition coefficient (Wildman–Crippen LogP) is 1.45. The molecule has 0 aromatic carbocycles. The smallest absolute Gasteiger partial charge is 0.438 e. The number of alkyl halides is 1. The maximum atomic E-state index is 10.9. The van der Waals surface area contributed by atoms with Gasteiger partial charge in [0.25, 0.3) is 0 Å². The monoisotopic (exact) mass is 358 g/mol. The van der Waals surface area contributed by atoms with Crippen LogP contribution in [0.2, 0.25) is 0 Å². The van der Waals surface area contributed by atoms with E-state index in [2.05, 4.69) is 27.3 Å². The van der Waals surface area contributed by atoms with E-state index in [1.54, 1.807) is 0 Å². The first-order chi connectivity index (χ1) is 7.93. The highest BCUT2D eigenvalue weighted by atomic mass is 127. The number of fused-ring (bicyclic) bond motifs is 1. The van der Waals surface area contributed by atoms with Crippen LogP contribution in [0.25, 0.3) is 0 Å². The lowest BCUT2D eigenvalue weighted by Gasteiger charge is -2.22. The molecule has 0 amide bonds. The molecular weight excluding hydrogens is 343 g/mol. The lowest BCUT2D eigenvalue weighted by molar-refractivity contribution is -0.206. The number of methoxy groups -OCH3 is 1. The van der Waals surface area contributed by atoms with Crippen molar-refractivity contribution in [2.24, 2.45) is 0 Å². The van der Waals surface area contributed by atoms with Gasteiger partial charge in [-0.3, -0.25) is 0 Å². The van der Waals surface area contributed by atoms with E-state index in [0.29, 0.717) is 0 Å². The molecule has 7 heteroatoms. The van der Waals surface area contributed by atoms with E-state index in [-0.39, 0.29) is 22.7 Å². The number of carbonyl (C=O) groups is 1. The molecule has 2 aliphatic rings. The Morgan fingerprint density at radius 3 is 2.71 bits per heavy atom. The van der Waals surface area contributed by atoms with Gasteiger partial charge in [-0.25, -0.2) is 4.79 Å². The Kier molecular flexibility index (Phi) is 3.81. The first-order valence-electron chi connectivity index (χ1n) is 5.29. The van der Waals surface area contributed by atoms with Crippen molar-refractivity contribution in [2.75, 3.05) is 13.7 Å². The van der Waals surface area contributed by atoms with E-state index in [0.717, 1.165) is 0 Å². The number of ether oxygens (including phenoxy) is 5. The van der Waals surface area contributed by atoms with E-state index in [9.17, 15) is 4.79 Å². The van der Waals surface area contributed by atoms with Crippen LogP contribution in [0.1, 0.15) is 13.8 Å². The second kappa shape index (κ2) is 4.87. The predicted molar refractivity (Wildman–Crippen MR) is 64.9 cm³/mol. The molecule has 0 bridgehead atoms. The lowest BCUT2D eigenvalue weighted by Crippen LogP contribution is -2.33. The Morgan fingerprint density at radius 1 is 1.41 bits per heavy atom. The van der Waals surface area contributed by atoms with Crippen molar-refractivity contribution in [3.63, 3.8) is 0 Å². The zero-order valence-electron chi connectivity index (χ0n) is 9.84. The van der Waals surface area contributed by atoms with E-state index < -0.39 is 18.2 Å². The van der Waals surface area contributed by atoms with Gasteiger partial charge in [0.2, 0.25) is 0 Å². The molecule has 2 saturated heterocycles. The van der Waals surface area contributed by atoms with Gasteiger partial charge in [0, 0.05) is 0 Å². The van der Waals surface area contributed by atoms with Gasteiger partial charge in [0.05, 0.1) is 11.0 Å². The summed E-state index contributed by atoms with van der Waals surface area (Å²) in [6, 6.07) is 0. The summed E-state index contributed by atoms with van der Waals surface area (Å²) in [5, 5.41) is 0. The molecule has 0 radical (unpaired) electrons. The molecule has 0 unspecified atom stereocenters. The van der Waals surface area contributed by atoms with Gasteiger partial charge in [-0.05, 0) is 13.8 Å². The maximum absolute atomic E-state index is 10.9. The first kappa shape index (κ1) is 13.3. The summed E-state index contributed by atoms with van der Waals surface area (Å²) in [5.74, 6) is -0.618. The minimum absolute atomic E-state index is 0.0732. The van der Waals surface area contributed by atoms with Gasteiger partial charge in [0.15, 0.2) is 12.1 Å². The third-order valence-corrected chi connectivity index (χ3v) is 4.11. The maximum Gasteiger partial charge on any atom is 0.508 e. The quantitative estimate of drug-likeness (QED) is 0.423. The minimum atomic E-state index is -0.712. The van der Waals surface area contributed by atoms with Crippen molar-refractivity contribution in [1.29, 1.82) is 0 Å². The average molecular weight is 358 g/mol. The van der Waals surface area contributed by atoms with Crippen LogP contribution < -0.4 is 0 Å². The molecule has 4 atom stereocenters.